The second-order valence-corrected chi connectivity index (χ2v) is 5.28. The van der Waals surface area contributed by atoms with E-state index in [1.54, 1.807) is 0 Å². The molecule has 1 aromatic carbocycles. The normalized spacial score (nSPS) is 10.7. The number of aryl methyl sites for hydroxylation is 1. The fraction of sp³-hybridized carbons (Fsp3) is 0.375. The van der Waals surface area contributed by atoms with Gasteiger partial charge in [-0.3, -0.25) is 9.89 Å². The Balaban J connectivity index is 1.78. The number of benzene rings is 1. The molecule has 0 aliphatic rings. The van der Waals surface area contributed by atoms with Gasteiger partial charge in [-0.15, -0.1) is 0 Å². The lowest BCUT2D eigenvalue weighted by molar-refractivity contribution is -0.116. The number of ether oxygens (including phenoxy) is 1. The van der Waals surface area contributed by atoms with Gasteiger partial charge in [0.15, 0.2) is 5.82 Å². The first kappa shape index (κ1) is 15.1. The predicted molar refractivity (Wildman–Crippen MR) is 82.6 cm³/mol. The summed E-state index contributed by atoms with van der Waals surface area (Å²) in [6.07, 6.45) is 0.290. The van der Waals surface area contributed by atoms with Gasteiger partial charge in [0.05, 0.1) is 13.0 Å². The van der Waals surface area contributed by atoms with E-state index in [1.165, 1.54) is 0 Å². The molecule has 0 aliphatic carbocycles. The van der Waals surface area contributed by atoms with Gasteiger partial charge < -0.3 is 10.1 Å². The van der Waals surface area contributed by atoms with Crippen molar-refractivity contribution < 1.29 is 9.53 Å². The van der Waals surface area contributed by atoms with Crippen LogP contribution in [0.2, 0.25) is 0 Å². The van der Waals surface area contributed by atoms with Gasteiger partial charge in [-0.05, 0) is 24.5 Å². The Kier molecular flexibility index (Phi) is 4.98. The molecule has 0 atom stereocenters. The van der Waals surface area contributed by atoms with E-state index in [2.05, 4.69) is 29.4 Å². The zero-order valence-corrected chi connectivity index (χ0v) is 12.6. The minimum Gasteiger partial charge on any atom is -0.493 e. The number of H-pyrrole nitrogens is 1. The number of nitrogens with one attached hydrogen (secondary N) is 2. The molecule has 1 heterocycles. The minimum atomic E-state index is -0.106. The Morgan fingerprint density at radius 3 is 2.81 bits per heavy atom. The summed E-state index contributed by atoms with van der Waals surface area (Å²) in [4.78, 5) is 11.8. The van der Waals surface area contributed by atoms with Crippen LogP contribution in [0.15, 0.2) is 30.3 Å². The number of carbonyl (C=O) groups excluding carboxylic acids is 1. The molecule has 1 amide bonds. The maximum absolute atomic E-state index is 11.8. The highest BCUT2D eigenvalue weighted by atomic mass is 16.5. The average molecular weight is 287 g/mol. The van der Waals surface area contributed by atoms with Crippen molar-refractivity contribution in [1.82, 2.24) is 10.2 Å². The lowest BCUT2D eigenvalue weighted by atomic mass is 10.1. The molecule has 0 saturated heterocycles. The third-order valence-electron chi connectivity index (χ3n) is 3.17. The van der Waals surface area contributed by atoms with Crippen molar-refractivity contribution in [2.75, 3.05) is 11.9 Å². The molecule has 5 nitrogen and oxygen atoms in total. The summed E-state index contributed by atoms with van der Waals surface area (Å²) in [6, 6.07) is 9.60. The van der Waals surface area contributed by atoms with Crippen LogP contribution in [-0.4, -0.2) is 22.7 Å². The number of anilines is 1. The van der Waals surface area contributed by atoms with Gasteiger partial charge in [0.1, 0.15) is 5.75 Å². The molecule has 21 heavy (non-hydrogen) atoms. The summed E-state index contributed by atoms with van der Waals surface area (Å²) in [5, 5.41) is 9.72. The number of rotatable bonds is 6. The number of para-hydroxylation sites is 1. The van der Waals surface area contributed by atoms with Gasteiger partial charge in [-0.1, -0.05) is 32.0 Å². The largest absolute Gasteiger partial charge is 0.493 e. The molecular formula is C16H21N3O2. The van der Waals surface area contributed by atoms with E-state index in [0.29, 0.717) is 18.3 Å². The zero-order valence-electron chi connectivity index (χ0n) is 12.6. The highest BCUT2D eigenvalue weighted by Crippen LogP contribution is 2.17. The summed E-state index contributed by atoms with van der Waals surface area (Å²) >= 11 is 0. The molecule has 0 unspecified atom stereocenters. The summed E-state index contributed by atoms with van der Waals surface area (Å²) in [5.41, 5.74) is 2.06. The molecule has 112 valence electrons. The number of amides is 1. The van der Waals surface area contributed by atoms with E-state index in [4.69, 9.17) is 4.74 Å². The van der Waals surface area contributed by atoms with Crippen LogP contribution in [0.25, 0.3) is 0 Å². The fourth-order valence-corrected chi connectivity index (χ4v) is 1.87. The highest BCUT2D eigenvalue weighted by molar-refractivity contribution is 5.89. The summed E-state index contributed by atoms with van der Waals surface area (Å²) in [6.45, 7) is 6.45. The van der Waals surface area contributed by atoms with Crippen LogP contribution in [0, 0.1) is 6.92 Å². The zero-order chi connectivity index (χ0) is 15.2. The van der Waals surface area contributed by atoms with Crippen molar-refractivity contribution in [3.63, 3.8) is 0 Å². The van der Waals surface area contributed by atoms with Crippen LogP contribution in [0.5, 0.6) is 5.75 Å². The second kappa shape index (κ2) is 6.92. The third-order valence-corrected chi connectivity index (χ3v) is 3.17. The maximum Gasteiger partial charge on any atom is 0.229 e. The molecule has 2 N–H and O–H groups in total. The van der Waals surface area contributed by atoms with Crippen molar-refractivity contribution in [2.24, 2.45) is 0 Å². The van der Waals surface area contributed by atoms with Crippen LogP contribution in [-0.2, 0) is 4.79 Å². The molecule has 1 aromatic heterocycles. The summed E-state index contributed by atoms with van der Waals surface area (Å²) < 4.78 is 5.60. The molecule has 5 heteroatoms. The quantitative estimate of drug-likeness (QED) is 0.857. The van der Waals surface area contributed by atoms with Crippen LogP contribution < -0.4 is 10.1 Å². The Morgan fingerprint density at radius 2 is 2.14 bits per heavy atom. The fourth-order valence-electron chi connectivity index (χ4n) is 1.87. The van der Waals surface area contributed by atoms with E-state index >= 15 is 0 Å². The van der Waals surface area contributed by atoms with Gasteiger partial charge >= 0.3 is 0 Å². The third kappa shape index (κ3) is 4.34. The van der Waals surface area contributed by atoms with E-state index in [1.807, 2.05) is 37.3 Å². The minimum absolute atomic E-state index is 0.106. The average Bonchev–Trinajstić information content (AvgIpc) is 2.89. The maximum atomic E-state index is 11.8. The molecule has 2 aromatic rings. The number of carbonyl (C=O) groups is 1. The Labute approximate surface area is 124 Å². The second-order valence-electron chi connectivity index (χ2n) is 5.28. The highest BCUT2D eigenvalue weighted by Gasteiger charge is 2.08. The monoisotopic (exact) mass is 287 g/mol. The first-order valence-corrected chi connectivity index (χ1v) is 7.10. The van der Waals surface area contributed by atoms with Gasteiger partial charge in [-0.2, -0.15) is 5.10 Å². The molecule has 0 bridgehead atoms. The number of hydrogen-bond acceptors (Lipinski definition) is 3. The first-order valence-electron chi connectivity index (χ1n) is 7.10. The lowest BCUT2D eigenvalue weighted by Crippen LogP contribution is -2.15. The Morgan fingerprint density at radius 1 is 1.38 bits per heavy atom. The van der Waals surface area contributed by atoms with Crippen molar-refractivity contribution in [2.45, 2.75) is 33.1 Å². The number of hydrogen-bond donors (Lipinski definition) is 2. The van der Waals surface area contributed by atoms with E-state index in [0.717, 1.165) is 17.0 Å². The predicted octanol–water partition coefficient (Wildman–Crippen LogP) is 3.25. The molecule has 0 saturated carbocycles. The van der Waals surface area contributed by atoms with Crippen LogP contribution >= 0.6 is 0 Å². The topological polar surface area (TPSA) is 67.0 Å². The molecular weight excluding hydrogens is 266 g/mol. The molecule has 2 rings (SSSR count). The van der Waals surface area contributed by atoms with Crippen molar-refractivity contribution >= 4 is 11.7 Å². The Hall–Kier alpha value is -2.30. The smallest absolute Gasteiger partial charge is 0.229 e. The molecule has 0 spiro atoms. The lowest BCUT2D eigenvalue weighted by Gasteiger charge is -2.08. The van der Waals surface area contributed by atoms with Crippen LogP contribution in [0.3, 0.4) is 0 Å². The van der Waals surface area contributed by atoms with Crippen LogP contribution in [0.1, 0.15) is 37.4 Å². The molecule has 0 aliphatic heterocycles. The molecule has 0 radical (unpaired) electrons. The SMILES string of the molecule is Cc1ccccc1OCCC(=O)Nc1cc(C(C)C)[nH]n1. The van der Waals surface area contributed by atoms with Crippen molar-refractivity contribution in [3.8, 4) is 5.75 Å². The van der Waals surface area contributed by atoms with E-state index in [9.17, 15) is 4.79 Å². The van der Waals surface area contributed by atoms with Gasteiger partial charge in [0, 0.05) is 11.8 Å². The molecule has 0 fully saturated rings. The van der Waals surface area contributed by atoms with Gasteiger partial charge in [0.2, 0.25) is 5.91 Å². The van der Waals surface area contributed by atoms with E-state index < -0.39 is 0 Å². The number of aromatic nitrogens is 2. The standard InChI is InChI=1S/C16H21N3O2/c1-11(2)13-10-15(19-18-13)17-16(20)8-9-21-14-7-5-4-6-12(14)3/h4-7,10-11H,8-9H2,1-3H3,(H2,17,18,19,20). The summed E-state index contributed by atoms with van der Waals surface area (Å²) in [7, 11) is 0. The first-order chi connectivity index (χ1) is 10.1. The van der Waals surface area contributed by atoms with Gasteiger partial charge in [-0.25, -0.2) is 0 Å². The number of nitrogens with zero attached hydrogens (tertiary/aromatic N) is 1. The summed E-state index contributed by atoms with van der Waals surface area (Å²) in [5.74, 6) is 1.62. The van der Waals surface area contributed by atoms with Crippen LogP contribution in [0.4, 0.5) is 5.82 Å². The van der Waals surface area contributed by atoms with E-state index in [-0.39, 0.29) is 12.3 Å². The van der Waals surface area contributed by atoms with Crippen molar-refractivity contribution in [3.05, 3.63) is 41.6 Å². The van der Waals surface area contributed by atoms with Gasteiger partial charge in [0.25, 0.3) is 0 Å². The Bertz CT molecular complexity index is 605. The number of aromatic amines is 1. The van der Waals surface area contributed by atoms with Crippen molar-refractivity contribution in [1.29, 1.82) is 0 Å².